The zero-order valence-electron chi connectivity index (χ0n) is 17.1. The standard InChI is InChI=1S/C23H25N3O2S2/c1-15-9-10-17-18(13-15)30-21-20(17)22(28)26(16-7-3-2-4-8-16)23(24-21)29-14-19(27)25-11-5-6-12-25/h2-4,7-8,15H,5-6,9-14H2,1H3/t15-/m0/s1. The van der Waals surface area contributed by atoms with Crippen LogP contribution in [-0.4, -0.2) is 39.2 Å². The first-order chi connectivity index (χ1) is 14.6. The maximum atomic E-state index is 13.7. The second kappa shape index (κ2) is 8.19. The number of thiophene rings is 1. The predicted octanol–water partition coefficient (Wildman–Crippen LogP) is 4.29. The lowest BCUT2D eigenvalue weighted by atomic mass is 9.89. The molecule has 0 radical (unpaired) electrons. The van der Waals surface area contributed by atoms with Gasteiger partial charge in [-0.15, -0.1) is 11.3 Å². The lowest BCUT2D eigenvalue weighted by Gasteiger charge is -2.18. The summed E-state index contributed by atoms with van der Waals surface area (Å²) in [4.78, 5) is 35.3. The van der Waals surface area contributed by atoms with Gasteiger partial charge in [0.2, 0.25) is 5.91 Å². The van der Waals surface area contributed by atoms with E-state index in [0.29, 0.717) is 16.8 Å². The van der Waals surface area contributed by atoms with E-state index in [9.17, 15) is 9.59 Å². The third kappa shape index (κ3) is 3.58. The molecule has 3 heterocycles. The number of para-hydroxylation sites is 1. The van der Waals surface area contributed by atoms with Crippen molar-refractivity contribution < 1.29 is 4.79 Å². The Bertz CT molecular complexity index is 1150. The molecule has 1 atom stereocenters. The fourth-order valence-electron chi connectivity index (χ4n) is 4.46. The van der Waals surface area contributed by atoms with Crippen molar-refractivity contribution in [3.8, 4) is 5.69 Å². The van der Waals surface area contributed by atoms with Gasteiger partial charge in [-0.05, 0) is 55.7 Å². The van der Waals surface area contributed by atoms with Crippen molar-refractivity contribution in [1.29, 1.82) is 0 Å². The number of benzene rings is 1. The highest BCUT2D eigenvalue weighted by Crippen LogP contribution is 2.37. The molecule has 3 aromatic rings. The lowest BCUT2D eigenvalue weighted by Crippen LogP contribution is -2.29. The van der Waals surface area contributed by atoms with Crippen LogP contribution in [0.1, 0.15) is 36.6 Å². The molecule has 0 bridgehead atoms. The van der Waals surface area contributed by atoms with E-state index in [2.05, 4.69) is 6.92 Å². The molecule has 1 fully saturated rings. The van der Waals surface area contributed by atoms with Gasteiger partial charge in [-0.1, -0.05) is 36.9 Å². The van der Waals surface area contributed by atoms with E-state index in [0.717, 1.165) is 61.1 Å². The van der Waals surface area contributed by atoms with E-state index in [-0.39, 0.29) is 11.5 Å². The normalized spacial score (nSPS) is 18.7. The number of likely N-dealkylation sites (tertiary alicyclic amines) is 1. The molecule has 30 heavy (non-hydrogen) atoms. The third-order valence-corrected chi connectivity index (χ3v) is 8.17. The van der Waals surface area contributed by atoms with Crippen LogP contribution in [0.5, 0.6) is 0 Å². The molecule has 0 unspecified atom stereocenters. The minimum absolute atomic E-state index is 0.00521. The first-order valence-corrected chi connectivity index (χ1v) is 12.5. The van der Waals surface area contributed by atoms with Crippen molar-refractivity contribution in [2.75, 3.05) is 18.8 Å². The van der Waals surface area contributed by atoms with E-state index >= 15 is 0 Å². The summed E-state index contributed by atoms with van der Waals surface area (Å²) in [6.07, 6.45) is 5.24. The van der Waals surface area contributed by atoms with Crippen LogP contribution in [0.2, 0.25) is 0 Å². The van der Waals surface area contributed by atoms with Crippen molar-refractivity contribution in [3.63, 3.8) is 0 Å². The lowest BCUT2D eigenvalue weighted by molar-refractivity contribution is -0.127. The summed E-state index contributed by atoms with van der Waals surface area (Å²) in [5.41, 5.74) is 1.99. The van der Waals surface area contributed by atoms with Crippen LogP contribution in [0.15, 0.2) is 40.3 Å². The van der Waals surface area contributed by atoms with E-state index in [1.807, 2.05) is 35.2 Å². The van der Waals surface area contributed by atoms with Gasteiger partial charge in [0.25, 0.3) is 5.56 Å². The highest BCUT2D eigenvalue weighted by molar-refractivity contribution is 7.99. The van der Waals surface area contributed by atoms with E-state index in [1.54, 1.807) is 15.9 Å². The molecule has 156 valence electrons. The number of fused-ring (bicyclic) bond motifs is 3. The zero-order valence-corrected chi connectivity index (χ0v) is 18.7. The molecule has 2 aliphatic rings. The SMILES string of the molecule is C[C@H]1CCc2c(sc3nc(SCC(=O)N4CCCC4)n(-c4ccccc4)c(=O)c23)C1. The molecular weight excluding hydrogens is 414 g/mol. The summed E-state index contributed by atoms with van der Waals surface area (Å²) in [6, 6.07) is 9.67. The number of aryl methyl sites for hydroxylation is 1. The maximum absolute atomic E-state index is 13.7. The van der Waals surface area contributed by atoms with Gasteiger partial charge in [-0.25, -0.2) is 4.98 Å². The molecule has 7 heteroatoms. The topological polar surface area (TPSA) is 55.2 Å². The van der Waals surface area contributed by atoms with Crippen LogP contribution in [0.3, 0.4) is 0 Å². The Morgan fingerprint density at radius 2 is 2.00 bits per heavy atom. The number of aromatic nitrogens is 2. The van der Waals surface area contributed by atoms with Crippen LogP contribution < -0.4 is 5.56 Å². The van der Waals surface area contributed by atoms with Gasteiger partial charge in [-0.2, -0.15) is 0 Å². The Morgan fingerprint density at radius 1 is 1.23 bits per heavy atom. The molecule has 0 N–H and O–H groups in total. The van der Waals surface area contributed by atoms with Crippen molar-refractivity contribution in [2.45, 2.75) is 44.2 Å². The fraction of sp³-hybridized carbons (Fsp3) is 0.435. The van der Waals surface area contributed by atoms with Crippen molar-refractivity contribution >= 4 is 39.2 Å². The van der Waals surface area contributed by atoms with Crippen LogP contribution in [-0.2, 0) is 17.6 Å². The van der Waals surface area contributed by atoms with Crippen LogP contribution in [0.4, 0.5) is 0 Å². The highest BCUT2D eigenvalue weighted by Gasteiger charge is 2.26. The molecule has 0 saturated carbocycles. The zero-order chi connectivity index (χ0) is 20.7. The second-order valence-corrected chi connectivity index (χ2v) is 10.3. The average molecular weight is 440 g/mol. The predicted molar refractivity (Wildman–Crippen MR) is 123 cm³/mol. The number of amides is 1. The number of carbonyl (C=O) groups excluding carboxylic acids is 1. The fourth-order valence-corrected chi connectivity index (χ4v) is 6.80. The van der Waals surface area contributed by atoms with Gasteiger partial charge in [0.1, 0.15) is 4.83 Å². The number of thioether (sulfide) groups is 1. The van der Waals surface area contributed by atoms with E-state index < -0.39 is 0 Å². The number of rotatable bonds is 4. The first-order valence-electron chi connectivity index (χ1n) is 10.6. The summed E-state index contributed by atoms with van der Waals surface area (Å²) < 4.78 is 1.70. The summed E-state index contributed by atoms with van der Waals surface area (Å²) in [5.74, 6) is 1.09. The van der Waals surface area contributed by atoms with Crippen molar-refractivity contribution in [3.05, 3.63) is 51.1 Å². The average Bonchev–Trinajstić information content (AvgIpc) is 3.40. The minimum atomic E-state index is -0.00521. The van der Waals surface area contributed by atoms with Crippen molar-refractivity contribution in [1.82, 2.24) is 14.5 Å². The van der Waals surface area contributed by atoms with Gasteiger partial charge in [0.05, 0.1) is 16.8 Å². The van der Waals surface area contributed by atoms with Gasteiger partial charge in [0, 0.05) is 18.0 Å². The molecule has 1 aliphatic heterocycles. The molecular formula is C23H25N3O2S2. The van der Waals surface area contributed by atoms with Crippen molar-refractivity contribution in [2.24, 2.45) is 5.92 Å². The van der Waals surface area contributed by atoms with E-state index in [1.165, 1.54) is 22.2 Å². The summed E-state index contributed by atoms with van der Waals surface area (Å²) in [7, 11) is 0. The minimum Gasteiger partial charge on any atom is -0.342 e. The Labute approximate surface area is 184 Å². The molecule has 5 rings (SSSR count). The molecule has 1 aliphatic carbocycles. The molecule has 1 amide bonds. The molecule has 2 aromatic heterocycles. The summed E-state index contributed by atoms with van der Waals surface area (Å²) in [5, 5.41) is 1.39. The smallest absolute Gasteiger partial charge is 0.267 e. The quantitative estimate of drug-likeness (QED) is 0.450. The number of carbonyl (C=O) groups is 1. The molecule has 5 nitrogen and oxygen atoms in total. The molecule has 0 spiro atoms. The van der Waals surface area contributed by atoms with Gasteiger partial charge in [-0.3, -0.25) is 14.2 Å². The largest absolute Gasteiger partial charge is 0.342 e. The Balaban J connectivity index is 1.59. The van der Waals surface area contributed by atoms with Gasteiger partial charge >= 0.3 is 0 Å². The van der Waals surface area contributed by atoms with Gasteiger partial charge in [0.15, 0.2) is 5.16 Å². The third-order valence-electron chi connectivity index (χ3n) is 6.10. The Hall–Kier alpha value is -2.12. The Kier molecular flexibility index (Phi) is 5.41. The summed E-state index contributed by atoms with van der Waals surface area (Å²) in [6.45, 7) is 3.95. The molecule has 1 saturated heterocycles. The molecule has 1 aromatic carbocycles. The second-order valence-electron chi connectivity index (χ2n) is 8.28. The van der Waals surface area contributed by atoms with Crippen LogP contribution >= 0.6 is 23.1 Å². The van der Waals surface area contributed by atoms with Gasteiger partial charge < -0.3 is 4.90 Å². The Morgan fingerprint density at radius 3 is 2.77 bits per heavy atom. The van der Waals surface area contributed by atoms with Crippen LogP contribution in [0.25, 0.3) is 15.9 Å². The first kappa shape index (κ1) is 19.8. The monoisotopic (exact) mass is 439 g/mol. The summed E-state index contributed by atoms with van der Waals surface area (Å²) >= 11 is 3.04. The maximum Gasteiger partial charge on any atom is 0.267 e. The number of hydrogen-bond acceptors (Lipinski definition) is 5. The number of hydrogen-bond donors (Lipinski definition) is 0. The van der Waals surface area contributed by atoms with E-state index in [4.69, 9.17) is 4.98 Å². The highest BCUT2D eigenvalue weighted by atomic mass is 32.2. The van der Waals surface area contributed by atoms with Crippen LogP contribution in [0, 0.1) is 5.92 Å². The number of nitrogens with zero attached hydrogens (tertiary/aromatic N) is 3.